The Kier molecular flexibility index (Phi) is 22.4. The predicted molar refractivity (Wildman–Crippen MR) is 215 cm³/mol. The van der Waals surface area contributed by atoms with Gasteiger partial charge in [-0.1, -0.05) is 27.7 Å². The van der Waals surface area contributed by atoms with Crippen molar-refractivity contribution in [2.24, 2.45) is 29.0 Å². The van der Waals surface area contributed by atoms with Gasteiger partial charge in [-0.05, 0) is 44.4 Å². The molecule has 0 aliphatic carbocycles. The smallest absolute Gasteiger partial charge is 0.326 e. The number of rotatable bonds is 28. The number of primary amides is 1. The Morgan fingerprint density at radius 3 is 1.75 bits per heavy atom. The van der Waals surface area contributed by atoms with Crippen molar-refractivity contribution < 1.29 is 58.5 Å². The maximum atomic E-state index is 13.9. The van der Waals surface area contributed by atoms with E-state index in [4.69, 9.17) is 22.6 Å². The predicted octanol–water partition coefficient (Wildman–Crippen LogP) is -4.64. The Balaban J connectivity index is 3.46. The molecule has 25 nitrogen and oxygen atoms in total. The second-order valence-electron chi connectivity index (χ2n) is 15.1. The van der Waals surface area contributed by atoms with Crippen LogP contribution in [-0.2, 0) is 49.6 Å². The van der Waals surface area contributed by atoms with E-state index in [0.717, 1.165) is 6.92 Å². The van der Waals surface area contributed by atoms with E-state index >= 15 is 0 Å². The van der Waals surface area contributed by atoms with Gasteiger partial charge in [0.1, 0.15) is 36.3 Å². The SMILES string of the molecule is CC(C)C[C@H](N)C(=O)N[C@H](C(=O)N[C@@H](CC(=O)O)C(=O)N[C@@H](CCC(N)=O)C(=O)N[C@@H](Cc1c[nH]cn1)C(=O)N[C@@H](CCCNC(=N)N)C(=O)N[C@H](C(=O)O)C(C)C)[C@@H](C)O. The van der Waals surface area contributed by atoms with Crippen LogP contribution in [0.2, 0.25) is 0 Å². The Morgan fingerprint density at radius 2 is 1.26 bits per heavy atom. The average Bonchev–Trinajstić information content (AvgIpc) is 3.66. The number of aliphatic carboxylic acids is 2. The van der Waals surface area contributed by atoms with Gasteiger partial charge in [0.2, 0.25) is 41.4 Å². The summed E-state index contributed by atoms with van der Waals surface area (Å²) in [5, 5.41) is 53.5. The van der Waals surface area contributed by atoms with E-state index in [9.17, 15) is 58.5 Å². The summed E-state index contributed by atoms with van der Waals surface area (Å²) < 4.78 is 0. The maximum absolute atomic E-state index is 13.9. The van der Waals surface area contributed by atoms with Crippen LogP contribution in [0.5, 0.6) is 0 Å². The molecule has 0 aromatic carbocycles. The Bertz CT molecular complexity index is 1690. The zero-order valence-corrected chi connectivity index (χ0v) is 34.8. The minimum absolute atomic E-state index is 0.00317. The molecule has 0 radical (unpaired) electrons. The van der Waals surface area contributed by atoms with Gasteiger partial charge in [0.15, 0.2) is 5.96 Å². The molecule has 0 saturated heterocycles. The molecule has 8 atom stereocenters. The lowest BCUT2D eigenvalue weighted by Crippen LogP contribution is -2.61. The summed E-state index contributed by atoms with van der Waals surface area (Å²) in [7, 11) is 0. The number of imidazole rings is 1. The highest BCUT2D eigenvalue weighted by molar-refractivity contribution is 5.98. The van der Waals surface area contributed by atoms with Gasteiger partial charge in [0, 0.05) is 25.6 Å². The van der Waals surface area contributed by atoms with Gasteiger partial charge >= 0.3 is 11.9 Å². The number of H-pyrrole nitrogens is 1. The second-order valence-corrected chi connectivity index (χ2v) is 15.1. The molecule has 0 fully saturated rings. The Hall–Kier alpha value is -6.37. The number of aliphatic hydroxyl groups is 1. The molecule has 0 unspecified atom stereocenters. The minimum Gasteiger partial charge on any atom is -0.481 e. The molecule has 1 heterocycles. The van der Waals surface area contributed by atoms with Crippen LogP contribution in [0, 0.1) is 17.2 Å². The van der Waals surface area contributed by atoms with Crippen LogP contribution in [0.15, 0.2) is 12.5 Å². The van der Waals surface area contributed by atoms with Gasteiger partial charge in [-0.3, -0.25) is 43.8 Å². The van der Waals surface area contributed by atoms with Gasteiger partial charge in [-0.2, -0.15) is 0 Å². The molecule has 25 heteroatoms. The van der Waals surface area contributed by atoms with Crippen LogP contribution in [0.25, 0.3) is 0 Å². The normalized spacial score (nSPS) is 15.0. The molecule has 0 bridgehead atoms. The van der Waals surface area contributed by atoms with Crippen molar-refractivity contribution >= 4 is 59.2 Å². The molecular weight excluding hydrogens is 806 g/mol. The third-order valence-electron chi connectivity index (χ3n) is 8.90. The highest BCUT2D eigenvalue weighted by Crippen LogP contribution is 2.09. The maximum Gasteiger partial charge on any atom is 0.326 e. The summed E-state index contributed by atoms with van der Waals surface area (Å²) >= 11 is 0. The van der Waals surface area contributed by atoms with Crippen molar-refractivity contribution in [2.45, 2.75) is 128 Å². The van der Waals surface area contributed by atoms with E-state index < -0.39 is 127 Å². The summed E-state index contributed by atoms with van der Waals surface area (Å²) in [6.07, 6.45) is -0.943. The number of carbonyl (C=O) groups is 9. The Labute approximate surface area is 351 Å². The fourth-order valence-electron chi connectivity index (χ4n) is 5.68. The number of carbonyl (C=O) groups excluding carboxylic acids is 7. The molecule has 61 heavy (non-hydrogen) atoms. The van der Waals surface area contributed by atoms with Crippen LogP contribution in [0.1, 0.15) is 78.8 Å². The number of carboxylic acid groups (broad SMARTS) is 2. The number of nitrogens with zero attached hydrogens (tertiary/aromatic N) is 1. The van der Waals surface area contributed by atoms with E-state index in [1.54, 1.807) is 27.7 Å². The molecule has 342 valence electrons. The molecule has 18 N–H and O–H groups in total. The second kappa shape index (κ2) is 26.0. The van der Waals surface area contributed by atoms with Crippen molar-refractivity contribution in [1.29, 1.82) is 5.41 Å². The van der Waals surface area contributed by atoms with Crippen LogP contribution in [-0.4, -0.2) is 139 Å². The lowest BCUT2D eigenvalue weighted by atomic mass is 10.0. The molecule has 0 aliphatic heterocycles. The van der Waals surface area contributed by atoms with Gasteiger partial charge in [-0.15, -0.1) is 0 Å². The van der Waals surface area contributed by atoms with Crippen molar-refractivity contribution in [1.82, 2.24) is 47.2 Å². The quantitative estimate of drug-likeness (QED) is 0.0214. The number of aromatic amines is 1. The topological polar surface area (TPSA) is 429 Å². The fraction of sp³-hybridized carbons (Fsp3) is 0.639. The summed E-state index contributed by atoms with van der Waals surface area (Å²) in [5.74, 6) is -10.9. The van der Waals surface area contributed by atoms with Crippen molar-refractivity contribution in [3.8, 4) is 0 Å². The van der Waals surface area contributed by atoms with E-state index in [1.807, 2.05) is 0 Å². The molecule has 0 saturated carbocycles. The number of hydrogen-bond donors (Lipinski definition) is 15. The number of nitrogens with one attached hydrogen (secondary N) is 9. The fourth-order valence-corrected chi connectivity index (χ4v) is 5.68. The van der Waals surface area contributed by atoms with E-state index in [1.165, 1.54) is 12.5 Å². The van der Waals surface area contributed by atoms with E-state index in [0.29, 0.717) is 0 Å². The first-order valence-corrected chi connectivity index (χ1v) is 19.5. The number of carboxylic acids is 2. The first-order chi connectivity index (χ1) is 28.4. The number of aromatic nitrogens is 2. The zero-order chi connectivity index (χ0) is 46.6. The highest BCUT2D eigenvalue weighted by atomic mass is 16.4. The number of hydrogen-bond acceptors (Lipinski definition) is 13. The Morgan fingerprint density at radius 1 is 0.738 bits per heavy atom. The number of guanidine groups is 1. The molecular formula is C36H61N13O12. The van der Waals surface area contributed by atoms with Crippen molar-refractivity contribution in [3.05, 3.63) is 18.2 Å². The van der Waals surface area contributed by atoms with E-state index in [2.05, 4.69) is 47.2 Å². The standard InChI is InChI=1S/C36H61N13O12/c1-16(2)11-20(37)29(54)49-28(18(5)50)34(59)47-24(13-26(52)53)33(58)45-22(8-9-25(38)51)30(55)46-23(12-19-14-41-15-43-19)32(57)44-21(7-6-10-42-36(39)40)31(56)48-27(17(3)4)35(60)61/h14-18,20-24,27-28,50H,6-13,37H2,1-5H3,(H2,38,51)(H,41,43)(H,44,57)(H,45,58)(H,46,55)(H,47,59)(H,48,56)(H,49,54)(H,52,53)(H,60,61)(H4,39,40,42)/t18-,20+,21+,22+,23+,24+,27+,28+/m1/s1. The third kappa shape index (κ3) is 20.0. The number of aliphatic hydroxyl groups excluding tert-OH is 1. The summed E-state index contributed by atoms with van der Waals surface area (Å²) in [6, 6.07) is -10.7. The molecule has 1 aromatic rings. The lowest BCUT2D eigenvalue weighted by molar-refractivity contribution is -0.144. The van der Waals surface area contributed by atoms with Crippen LogP contribution in [0.4, 0.5) is 0 Å². The monoisotopic (exact) mass is 867 g/mol. The van der Waals surface area contributed by atoms with Crippen LogP contribution >= 0.6 is 0 Å². The summed E-state index contributed by atoms with van der Waals surface area (Å²) in [4.78, 5) is 123. The first kappa shape index (κ1) is 52.6. The zero-order valence-electron chi connectivity index (χ0n) is 34.8. The largest absolute Gasteiger partial charge is 0.481 e. The first-order valence-electron chi connectivity index (χ1n) is 19.5. The lowest BCUT2D eigenvalue weighted by Gasteiger charge is -2.28. The van der Waals surface area contributed by atoms with Gasteiger partial charge in [0.25, 0.3) is 0 Å². The molecule has 1 aromatic heterocycles. The number of amides is 7. The molecule has 7 amide bonds. The summed E-state index contributed by atoms with van der Waals surface area (Å²) in [5.41, 5.74) is 16.8. The molecule has 0 aliphatic rings. The van der Waals surface area contributed by atoms with Crippen molar-refractivity contribution in [3.63, 3.8) is 0 Å². The number of nitrogens with two attached hydrogens (primary N) is 3. The third-order valence-corrected chi connectivity index (χ3v) is 8.90. The molecule has 1 rings (SSSR count). The van der Waals surface area contributed by atoms with Gasteiger partial charge in [0.05, 0.1) is 30.6 Å². The van der Waals surface area contributed by atoms with Crippen LogP contribution < -0.4 is 54.4 Å². The van der Waals surface area contributed by atoms with E-state index in [-0.39, 0.29) is 49.8 Å². The average molecular weight is 868 g/mol. The van der Waals surface area contributed by atoms with Gasteiger partial charge < -0.3 is 74.7 Å². The molecule has 0 spiro atoms. The van der Waals surface area contributed by atoms with Crippen molar-refractivity contribution in [2.75, 3.05) is 6.54 Å². The van der Waals surface area contributed by atoms with Gasteiger partial charge in [-0.25, -0.2) is 9.78 Å². The highest BCUT2D eigenvalue weighted by Gasteiger charge is 2.36. The minimum atomic E-state index is -1.92. The summed E-state index contributed by atoms with van der Waals surface area (Å²) in [6.45, 7) is 7.97. The van der Waals surface area contributed by atoms with Crippen LogP contribution in [0.3, 0.4) is 0 Å².